The molecule has 8 heavy (non-hydrogen) atoms. The Balaban J connectivity index is 2.02. The summed E-state index contributed by atoms with van der Waals surface area (Å²) in [6.45, 7) is 0. The summed E-state index contributed by atoms with van der Waals surface area (Å²) in [6.07, 6.45) is 1.38. The Kier molecular flexibility index (Phi) is 0.504. The maximum Gasteiger partial charge on any atom is 0.133 e. The summed E-state index contributed by atoms with van der Waals surface area (Å²) in [5, 5.41) is 0. The Morgan fingerprint density at radius 3 is 1.75 bits per heavy atom. The average Bonchev–Trinajstić information content (AvgIpc) is 1.94. The van der Waals surface area contributed by atoms with Gasteiger partial charge < -0.3 is 4.48 Å². The second-order valence-electron chi connectivity index (χ2n) is 3.75. The fourth-order valence-electron chi connectivity index (χ4n) is 1.46. The van der Waals surface area contributed by atoms with Gasteiger partial charge in [0.2, 0.25) is 0 Å². The van der Waals surface area contributed by atoms with Crippen LogP contribution in [-0.4, -0.2) is 31.7 Å². The molecule has 0 unspecified atom stereocenters. The summed E-state index contributed by atoms with van der Waals surface area (Å²) in [5.74, 6) is 0. The van der Waals surface area contributed by atoms with Gasteiger partial charge in [-0.05, 0) is 0 Å². The van der Waals surface area contributed by atoms with Crippen molar-refractivity contribution >= 4 is 0 Å². The molecule has 2 aliphatic carbocycles. The molecule has 0 spiro atoms. The van der Waals surface area contributed by atoms with E-state index in [0.29, 0.717) is 0 Å². The minimum absolute atomic E-state index is 0.884. The van der Waals surface area contributed by atoms with Gasteiger partial charge in [0.1, 0.15) is 6.04 Å². The van der Waals surface area contributed by atoms with Crippen LogP contribution in [0.2, 0.25) is 0 Å². The van der Waals surface area contributed by atoms with E-state index in [0.717, 1.165) is 10.5 Å². The molecule has 1 heteroatoms. The summed E-state index contributed by atoms with van der Waals surface area (Å²) in [6, 6.07) is 0.884. The van der Waals surface area contributed by atoms with Gasteiger partial charge in [-0.2, -0.15) is 0 Å². The Morgan fingerprint density at radius 1 is 1.25 bits per heavy atom. The molecule has 44 valence electrons. The molecular formula is C7H12N+. The molecule has 0 heterocycles. The number of hydrogen-bond acceptors (Lipinski definition) is 0. The second kappa shape index (κ2) is 0.883. The van der Waals surface area contributed by atoms with Crippen LogP contribution in [0, 0.1) is 0 Å². The van der Waals surface area contributed by atoms with E-state index in [1.807, 2.05) is 0 Å². The molecule has 1 nitrogen and oxygen atoms in total. The molecule has 2 rings (SSSR count). The molecule has 0 bridgehead atoms. The SMILES string of the molecule is C[N+](C)(C)C1C2=C1C2. The summed E-state index contributed by atoms with van der Waals surface area (Å²) in [4.78, 5) is 0. The van der Waals surface area contributed by atoms with Gasteiger partial charge in [-0.15, -0.1) is 0 Å². The van der Waals surface area contributed by atoms with Crippen molar-refractivity contribution in [3.05, 3.63) is 11.1 Å². The van der Waals surface area contributed by atoms with Gasteiger partial charge in [0.15, 0.2) is 0 Å². The lowest BCUT2D eigenvalue weighted by atomic mass is 10.2. The third-order valence-corrected chi connectivity index (χ3v) is 2.02. The predicted molar refractivity (Wildman–Crippen MR) is 33.5 cm³/mol. The van der Waals surface area contributed by atoms with E-state index in [2.05, 4.69) is 21.1 Å². The van der Waals surface area contributed by atoms with Crippen molar-refractivity contribution in [3.8, 4) is 0 Å². The van der Waals surface area contributed by atoms with Gasteiger partial charge in [-0.1, -0.05) is 0 Å². The maximum absolute atomic E-state index is 2.26. The van der Waals surface area contributed by atoms with Crippen LogP contribution in [0.5, 0.6) is 0 Å². The molecule has 0 aliphatic heterocycles. The first-order valence-electron chi connectivity index (χ1n) is 3.13. The number of likely N-dealkylation sites (N-methyl/N-ethyl adjacent to an activating group) is 1. The van der Waals surface area contributed by atoms with Crippen LogP contribution in [0.4, 0.5) is 0 Å². The van der Waals surface area contributed by atoms with Crippen LogP contribution in [0.15, 0.2) is 11.1 Å². The van der Waals surface area contributed by atoms with E-state index in [1.165, 1.54) is 6.42 Å². The van der Waals surface area contributed by atoms with Crippen molar-refractivity contribution in [1.29, 1.82) is 0 Å². The third kappa shape index (κ3) is 0.402. The van der Waals surface area contributed by atoms with Crippen LogP contribution < -0.4 is 0 Å². The zero-order chi connectivity index (χ0) is 5.94. The Hall–Kier alpha value is -0.300. The normalized spacial score (nSPS) is 25.9. The fourth-order valence-corrected chi connectivity index (χ4v) is 1.46. The molecule has 0 atom stereocenters. The van der Waals surface area contributed by atoms with Crippen molar-refractivity contribution in [1.82, 2.24) is 0 Å². The predicted octanol–water partition coefficient (Wildman–Crippen LogP) is 0.775. The topological polar surface area (TPSA) is 0 Å². The van der Waals surface area contributed by atoms with Crippen LogP contribution >= 0.6 is 0 Å². The third-order valence-electron chi connectivity index (χ3n) is 2.02. The molecular weight excluding hydrogens is 98.1 g/mol. The van der Waals surface area contributed by atoms with Crippen LogP contribution in [-0.2, 0) is 0 Å². The van der Waals surface area contributed by atoms with Crippen molar-refractivity contribution in [2.24, 2.45) is 0 Å². The smallest absolute Gasteiger partial charge is 0.133 e. The van der Waals surface area contributed by atoms with Crippen molar-refractivity contribution in [2.45, 2.75) is 12.5 Å². The Labute approximate surface area is 50.2 Å². The summed E-state index contributed by atoms with van der Waals surface area (Å²) < 4.78 is 1.13. The lowest BCUT2D eigenvalue weighted by Crippen LogP contribution is -2.41. The Bertz CT molecular complexity index is 159. The number of quaternary nitrogens is 1. The maximum atomic E-state index is 2.26. The molecule has 0 aromatic rings. The lowest BCUT2D eigenvalue weighted by molar-refractivity contribution is -0.880. The highest BCUT2D eigenvalue weighted by Gasteiger charge is 2.57. The molecule has 2 aliphatic rings. The van der Waals surface area contributed by atoms with Crippen molar-refractivity contribution < 1.29 is 4.48 Å². The molecule has 0 saturated carbocycles. The second-order valence-corrected chi connectivity index (χ2v) is 3.75. The van der Waals surface area contributed by atoms with E-state index in [9.17, 15) is 0 Å². The first-order chi connectivity index (χ1) is 3.61. The van der Waals surface area contributed by atoms with E-state index >= 15 is 0 Å². The fraction of sp³-hybridized carbons (Fsp3) is 0.714. The quantitative estimate of drug-likeness (QED) is 0.345. The van der Waals surface area contributed by atoms with Crippen molar-refractivity contribution in [3.63, 3.8) is 0 Å². The standard InChI is InChI=1S/C7H12N/c1-8(2,3)7-5-4-6(5)7/h7H,4H2,1-3H3/q+1. The van der Waals surface area contributed by atoms with Gasteiger partial charge in [0.25, 0.3) is 0 Å². The summed E-state index contributed by atoms with van der Waals surface area (Å²) >= 11 is 0. The molecule has 0 N–H and O–H groups in total. The van der Waals surface area contributed by atoms with Crippen LogP contribution in [0.25, 0.3) is 0 Å². The number of rotatable bonds is 1. The highest BCUT2D eigenvalue weighted by atomic mass is 15.3. The van der Waals surface area contributed by atoms with Crippen molar-refractivity contribution in [2.75, 3.05) is 21.1 Å². The Morgan fingerprint density at radius 2 is 1.75 bits per heavy atom. The van der Waals surface area contributed by atoms with E-state index in [4.69, 9.17) is 0 Å². The van der Waals surface area contributed by atoms with Gasteiger partial charge in [-0.25, -0.2) is 0 Å². The summed E-state index contributed by atoms with van der Waals surface area (Å²) in [5.41, 5.74) is 3.50. The van der Waals surface area contributed by atoms with E-state index in [1.54, 1.807) is 11.1 Å². The molecule has 0 aromatic carbocycles. The zero-order valence-corrected chi connectivity index (χ0v) is 5.73. The molecule has 0 radical (unpaired) electrons. The molecule has 0 aromatic heterocycles. The number of nitrogens with zero attached hydrogens (tertiary/aromatic N) is 1. The average molecular weight is 110 g/mol. The minimum atomic E-state index is 0.884. The highest BCUT2D eigenvalue weighted by Crippen LogP contribution is 2.58. The van der Waals surface area contributed by atoms with Gasteiger partial charge in [0.05, 0.1) is 21.1 Å². The molecule has 0 fully saturated rings. The monoisotopic (exact) mass is 110 g/mol. The van der Waals surface area contributed by atoms with E-state index < -0.39 is 0 Å². The minimum Gasteiger partial charge on any atom is -0.321 e. The van der Waals surface area contributed by atoms with Gasteiger partial charge in [0, 0.05) is 17.6 Å². The van der Waals surface area contributed by atoms with Crippen LogP contribution in [0.1, 0.15) is 6.42 Å². The first kappa shape index (κ1) is 4.57. The first-order valence-corrected chi connectivity index (χ1v) is 3.13. The van der Waals surface area contributed by atoms with Gasteiger partial charge in [-0.3, -0.25) is 0 Å². The zero-order valence-electron chi connectivity index (χ0n) is 5.73. The summed E-state index contributed by atoms with van der Waals surface area (Å²) in [7, 11) is 6.78. The van der Waals surface area contributed by atoms with Crippen LogP contribution in [0.3, 0.4) is 0 Å². The highest BCUT2D eigenvalue weighted by molar-refractivity contribution is 5.62. The lowest BCUT2D eigenvalue weighted by Gasteiger charge is -2.28. The molecule has 0 saturated heterocycles. The van der Waals surface area contributed by atoms with E-state index in [-0.39, 0.29) is 0 Å². The van der Waals surface area contributed by atoms with Gasteiger partial charge >= 0.3 is 0 Å². The molecule has 0 amide bonds. The largest absolute Gasteiger partial charge is 0.321 e. The number of hydrogen-bond donors (Lipinski definition) is 0.